The molecule has 1 saturated heterocycles. The van der Waals surface area contributed by atoms with E-state index >= 15 is 0 Å². The number of carbonyl (C=O) groups is 5. The fourth-order valence-corrected chi connectivity index (χ4v) is 2.85. The van der Waals surface area contributed by atoms with Crippen LogP contribution in [0.1, 0.15) is 32.6 Å². The number of carboxylic acid groups (broad SMARTS) is 1. The molecule has 7 N–H and O–H groups in total. The molecule has 0 saturated carbocycles. The summed E-state index contributed by atoms with van der Waals surface area (Å²) < 4.78 is 0. The van der Waals surface area contributed by atoms with Gasteiger partial charge in [-0.1, -0.05) is 0 Å². The lowest BCUT2D eigenvalue weighted by molar-refractivity contribution is -0.142. The first-order valence-corrected chi connectivity index (χ1v) is 9.55. The second-order valence-corrected chi connectivity index (χ2v) is 6.89. The molecular weight excluding hydrogens is 390 g/mol. The van der Waals surface area contributed by atoms with E-state index in [0.717, 1.165) is 13.0 Å². The molecule has 1 rings (SSSR count). The van der Waals surface area contributed by atoms with Gasteiger partial charge in [-0.15, -0.1) is 0 Å². The molecular formula is C16H27N5O6S. The van der Waals surface area contributed by atoms with Gasteiger partial charge in [-0.3, -0.25) is 19.2 Å². The molecule has 158 valence electrons. The molecule has 1 aliphatic rings. The molecule has 0 aromatic rings. The summed E-state index contributed by atoms with van der Waals surface area (Å²) in [6.45, 7) is 2.21. The number of aliphatic carboxylic acids is 1. The van der Waals surface area contributed by atoms with E-state index in [1.54, 1.807) is 0 Å². The number of rotatable bonds is 11. The second kappa shape index (κ2) is 11.5. The minimum absolute atomic E-state index is 0.0927. The van der Waals surface area contributed by atoms with Gasteiger partial charge < -0.3 is 32.1 Å². The average molecular weight is 417 g/mol. The summed E-state index contributed by atoms with van der Waals surface area (Å²) in [6.07, 6.45) is 1.17. The largest absolute Gasteiger partial charge is 0.480 e. The van der Waals surface area contributed by atoms with E-state index in [-0.39, 0.29) is 30.5 Å². The molecule has 0 spiro atoms. The van der Waals surface area contributed by atoms with Gasteiger partial charge in [0, 0.05) is 12.2 Å². The molecule has 1 heterocycles. The van der Waals surface area contributed by atoms with Crippen molar-refractivity contribution in [1.29, 1.82) is 0 Å². The molecule has 12 heteroatoms. The normalized spacial score (nSPS) is 19.1. The molecule has 0 aromatic heterocycles. The van der Waals surface area contributed by atoms with E-state index < -0.39 is 41.8 Å². The third-order valence-electron chi connectivity index (χ3n) is 4.24. The van der Waals surface area contributed by atoms with Crippen molar-refractivity contribution in [3.8, 4) is 0 Å². The monoisotopic (exact) mass is 417 g/mol. The van der Waals surface area contributed by atoms with Gasteiger partial charge >= 0.3 is 5.97 Å². The number of hydrogen-bond acceptors (Lipinski definition) is 7. The summed E-state index contributed by atoms with van der Waals surface area (Å²) in [5.41, 5.74) is 4.99. The predicted molar refractivity (Wildman–Crippen MR) is 102 cm³/mol. The number of nitrogens with two attached hydrogens (primary N) is 1. The van der Waals surface area contributed by atoms with E-state index in [0.29, 0.717) is 6.42 Å². The van der Waals surface area contributed by atoms with Crippen molar-refractivity contribution in [3.05, 3.63) is 0 Å². The number of carbonyl (C=O) groups excluding carboxylic acids is 4. The van der Waals surface area contributed by atoms with Crippen molar-refractivity contribution >= 4 is 42.2 Å². The molecule has 0 radical (unpaired) electrons. The molecule has 0 bridgehead atoms. The fraction of sp³-hybridized carbons (Fsp3) is 0.688. The van der Waals surface area contributed by atoms with Crippen LogP contribution >= 0.6 is 12.6 Å². The number of amides is 4. The zero-order chi connectivity index (χ0) is 21.3. The lowest BCUT2D eigenvalue weighted by Crippen LogP contribution is -2.56. The third-order valence-corrected chi connectivity index (χ3v) is 4.60. The number of hydrogen-bond donors (Lipinski definition) is 7. The van der Waals surface area contributed by atoms with Crippen LogP contribution in [0.15, 0.2) is 0 Å². The van der Waals surface area contributed by atoms with Gasteiger partial charge in [0.1, 0.15) is 18.1 Å². The quantitative estimate of drug-likeness (QED) is 0.181. The smallest absolute Gasteiger partial charge is 0.326 e. The van der Waals surface area contributed by atoms with E-state index in [1.165, 1.54) is 6.92 Å². The van der Waals surface area contributed by atoms with Crippen molar-refractivity contribution < 1.29 is 29.1 Å². The summed E-state index contributed by atoms with van der Waals surface area (Å²) >= 11 is 4.00. The summed E-state index contributed by atoms with van der Waals surface area (Å²) in [5.74, 6) is -3.79. The third kappa shape index (κ3) is 7.72. The van der Waals surface area contributed by atoms with Crippen LogP contribution in [0.25, 0.3) is 0 Å². The summed E-state index contributed by atoms with van der Waals surface area (Å²) in [7, 11) is 0. The van der Waals surface area contributed by atoms with Crippen LogP contribution < -0.4 is 27.0 Å². The van der Waals surface area contributed by atoms with Crippen LogP contribution in [0, 0.1) is 0 Å². The van der Waals surface area contributed by atoms with Gasteiger partial charge in [0.05, 0.1) is 6.04 Å². The van der Waals surface area contributed by atoms with Crippen LogP contribution in [0.4, 0.5) is 0 Å². The van der Waals surface area contributed by atoms with Crippen LogP contribution in [-0.2, 0) is 24.0 Å². The van der Waals surface area contributed by atoms with Gasteiger partial charge in [0.25, 0.3) is 0 Å². The first kappa shape index (κ1) is 23.7. The van der Waals surface area contributed by atoms with Crippen molar-refractivity contribution in [2.45, 2.75) is 56.8 Å². The van der Waals surface area contributed by atoms with Crippen LogP contribution in [0.5, 0.6) is 0 Å². The zero-order valence-corrected chi connectivity index (χ0v) is 16.5. The maximum atomic E-state index is 12.3. The minimum atomic E-state index is -1.33. The van der Waals surface area contributed by atoms with Crippen LogP contribution in [-0.4, -0.2) is 71.2 Å². The Kier molecular flexibility index (Phi) is 9.73. The SMILES string of the molecule is CC(NC(=O)C1CCCN1)C(=O)NC(CS)C(=O)NC(CCC(N)=O)C(=O)O. The highest BCUT2D eigenvalue weighted by molar-refractivity contribution is 7.80. The Morgan fingerprint density at radius 2 is 1.79 bits per heavy atom. The van der Waals surface area contributed by atoms with Crippen molar-refractivity contribution in [1.82, 2.24) is 21.3 Å². The Balaban J connectivity index is 2.58. The molecule has 4 amide bonds. The summed E-state index contributed by atoms with van der Waals surface area (Å²) in [6, 6.07) is -3.68. The van der Waals surface area contributed by atoms with Crippen LogP contribution in [0.2, 0.25) is 0 Å². The molecule has 0 aliphatic carbocycles. The minimum Gasteiger partial charge on any atom is -0.480 e. The van der Waals surface area contributed by atoms with E-state index in [1.807, 2.05) is 0 Å². The highest BCUT2D eigenvalue weighted by Gasteiger charge is 2.29. The molecule has 4 atom stereocenters. The van der Waals surface area contributed by atoms with E-state index in [9.17, 15) is 24.0 Å². The second-order valence-electron chi connectivity index (χ2n) is 6.53. The van der Waals surface area contributed by atoms with Gasteiger partial charge in [0.15, 0.2) is 0 Å². The maximum Gasteiger partial charge on any atom is 0.326 e. The Morgan fingerprint density at radius 1 is 1.14 bits per heavy atom. The maximum absolute atomic E-state index is 12.3. The molecule has 1 aliphatic heterocycles. The summed E-state index contributed by atoms with van der Waals surface area (Å²) in [4.78, 5) is 58.6. The highest BCUT2D eigenvalue weighted by atomic mass is 32.1. The Bertz CT molecular complexity index is 610. The van der Waals surface area contributed by atoms with E-state index in [4.69, 9.17) is 10.8 Å². The van der Waals surface area contributed by atoms with Gasteiger partial charge in [-0.2, -0.15) is 12.6 Å². The molecule has 28 heavy (non-hydrogen) atoms. The van der Waals surface area contributed by atoms with Crippen molar-refractivity contribution in [2.75, 3.05) is 12.3 Å². The molecule has 4 unspecified atom stereocenters. The van der Waals surface area contributed by atoms with Gasteiger partial charge in [0.2, 0.25) is 23.6 Å². The standard InChI is InChI=1S/C16H27N5O6S/c1-8(19-14(24)9-3-2-6-18-9)13(23)21-11(7-28)15(25)20-10(16(26)27)4-5-12(17)22/h8-11,18,28H,2-7H2,1H3,(H2,17,22)(H,19,24)(H,20,25)(H,21,23)(H,26,27). The number of carboxylic acids is 1. The highest BCUT2D eigenvalue weighted by Crippen LogP contribution is 2.05. The molecule has 0 aromatic carbocycles. The number of thiol groups is 1. The fourth-order valence-electron chi connectivity index (χ4n) is 2.59. The Labute approximate surface area is 168 Å². The lowest BCUT2D eigenvalue weighted by Gasteiger charge is -2.22. The predicted octanol–water partition coefficient (Wildman–Crippen LogP) is -2.51. The van der Waals surface area contributed by atoms with Crippen LogP contribution in [0.3, 0.4) is 0 Å². The summed E-state index contributed by atoms with van der Waals surface area (Å²) in [5, 5.41) is 19.4. The Hall–Kier alpha value is -2.34. The first-order chi connectivity index (χ1) is 13.1. The zero-order valence-electron chi connectivity index (χ0n) is 15.6. The lowest BCUT2D eigenvalue weighted by atomic mass is 10.1. The Morgan fingerprint density at radius 3 is 2.29 bits per heavy atom. The molecule has 11 nitrogen and oxygen atoms in total. The number of primary amides is 1. The van der Waals surface area contributed by atoms with Crippen molar-refractivity contribution in [3.63, 3.8) is 0 Å². The first-order valence-electron chi connectivity index (χ1n) is 8.92. The molecule has 1 fully saturated rings. The van der Waals surface area contributed by atoms with E-state index in [2.05, 4.69) is 33.9 Å². The van der Waals surface area contributed by atoms with Gasteiger partial charge in [-0.25, -0.2) is 4.79 Å². The van der Waals surface area contributed by atoms with Crippen molar-refractivity contribution in [2.24, 2.45) is 5.73 Å². The number of nitrogens with one attached hydrogen (secondary N) is 4. The van der Waals surface area contributed by atoms with Gasteiger partial charge in [-0.05, 0) is 32.7 Å². The average Bonchev–Trinajstić information content (AvgIpc) is 3.16. The topological polar surface area (TPSA) is 180 Å².